The second-order valence-electron chi connectivity index (χ2n) is 2.86. The van der Waals surface area contributed by atoms with Gasteiger partial charge in [-0.05, 0) is 12.1 Å². The highest BCUT2D eigenvalue weighted by Gasteiger charge is 2.14. The molecule has 0 radical (unpaired) electrons. The van der Waals surface area contributed by atoms with E-state index in [9.17, 15) is 0 Å². The molecule has 0 saturated carbocycles. The Labute approximate surface area is 90.4 Å². The molecule has 2 nitrogen and oxygen atoms in total. The molecule has 1 aromatic rings. The van der Waals surface area contributed by atoms with E-state index in [0.717, 1.165) is 28.9 Å². The van der Waals surface area contributed by atoms with Crippen molar-refractivity contribution in [3.05, 3.63) is 27.2 Å². The highest BCUT2D eigenvalue weighted by molar-refractivity contribution is 9.10. The Kier molecular flexibility index (Phi) is 2.77. The van der Waals surface area contributed by atoms with Gasteiger partial charge in [0.15, 0.2) is 0 Å². The highest BCUT2D eigenvalue weighted by atomic mass is 79.9. The van der Waals surface area contributed by atoms with Crippen molar-refractivity contribution < 1.29 is 4.74 Å². The molecule has 1 aromatic carbocycles. The number of halogens is 2. The number of nitrogens with one attached hydrogen (secondary N) is 1. The molecule has 0 amide bonds. The van der Waals surface area contributed by atoms with Crippen molar-refractivity contribution in [3.8, 4) is 5.75 Å². The average Bonchev–Trinajstić information content (AvgIpc) is 2.37. The number of rotatable bonds is 0. The number of benzene rings is 1. The van der Waals surface area contributed by atoms with Gasteiger partial charge in [-0.1, -0.05) is 27.5 Å². The SMILES string of the molecule is Clc1ccc(Br)c2c1OCCNC2. The molecule has 0 bridgehead atoms. The first-order chi connectivity index (χ1) is 6.29. The summed E-state index contributed by atoms with van der Waals surface area (Å²) in [7, 11) is 0. The van der Waals surface area contributed by atoms with Crippen LogP contribution >= 0.6 is 27.5 Å². The Morgan fingerprint density at radius 2 is 2.31 bits per heavy atom. The van der Waals surface area contributed by atoms with E-state index in [4.69, 9.17) is 16.3 Å². The van der Waals surface area contributed by atoms with Crippen LogP contribution in [0.3, 0.4) is 0 Å². The van der Waals surface area contributed by atoms with Crippen LogP contribution in [0.1, 0.15) is 5.56 Å². The minimum absolute atomic E-state index is 0.670. The number of ether oxygens (including phenoxy) is 1. The molecule has 1 aliphatic rings. The first kappa shape index (κ1) is 9.31. The van der Waals surface area contributed by atoms with Crippen LogP contribution in [0.5, 0.6) is 5.75 Å². The largest absolute Gasteiger partial charge is 0.490 e. The zero-order valence-corrected chi connectivity index (χ0v) is 9.28. The molecule has 1 N–H and O–H groups in total. The molecule has 0 aromatic heterocycles. The molecule has 4 heteroatoms. The predicted molar refractivity (Wildman–Crippen MR) is 56.4 cm³/mol. The second kappa shape index (κ2) is 3.86. The highest BCUT2D eigenvalue weighted by Crippen LogP contribution is 2.34. The van der Waals surface area contributed by atoms with Crippen molar-refractivity contribution in [2.45, 2.75) is 6.54 Å². The molecule has 2 rings (SSSR count). The average molecular weight is 263 g/mol. The standard InChI is InChI=1S/C9H9BrClNO/c10-7-1-2-8(11)9-6(7)5-12-3-4-13-9/h1-2,12H,3-5H2. The van der Waals surface area contributed by atoms with Gasteiger partial charge < -0.3 is 10.1 Å². The van der Waals surface area contributed by atoms with Crippen molar-refractivity contribution in [3.63, 3.8) is 0 Å². The maximum absolute atomic E-state index is 6.01. The summed E-state index contributed by atoms with van der Waals surface area (Å²) in [6.45, 7) is 2.33. The lowest BCUT2D eigenvalue weighted by molar-refractivity contribution is 0.326. The minimum atomic E-state index is 0.670. The quantitative estimate of drug-likeness (QED) is 0.776. The zero-order valence-electron chi connectivity index (χ0n) is 6.94. The van der Waals surface area contributed by atoms with Crippen molar-refractivity contribution >= 4 is 27.5 Å². The molecule has 0 saturated heterocycles. The smallest absolute Gasteiger partial charge is 0.143 e. The van der Waals surface area contributed by atoms with E-state index in [-0.39, 0.29) is 0 Å². The van der Waals surface area contributed by atoms with E-state index in [2.05, 4.69) is 21.2 Å². The lowest BCUT2D eigenvalue weighted by Crippen LogP contribution is -2.16. The van der Waals surface area contributed by atoms with Gasteiger partial charge in [-0.15, -0.1) is 0 Å². The lowest BCUT2D eigenvalue weighted by Gasteiger charge is -2.09. The van der Waals surface area contributed by atoms with Gasteiger partial charge in [0.25, 0.3) is 0 Å². The molecular formula is C9H9BrClNO. The van der Waals surface area contributed by atoms with Crippen LogP contribution in [0.25, 0.3) is 0 Å². The first-order valence-electron chi connectivity index (χ1n) is 4.09. The second-order valence-corrected chi connectivity index (χ2v) is 4.12. The van der Waals surface area contributed by atoms with Crippen LogP contribution in [0.2, 0.25) is 5.02 Å². The Hall–Kier alpha value is -0.250. The van der Waals surface area contributed by atoms with Crippen LogP contribution in [-0.2, 0) is 6.54 Å². The molecule has 1 heterocycles. The van der Waals surface area contributed by atoms with Crippen LogP contribution in [0.4, 0.5) is 0 Å². The maximum Gasteiger partial charge on any atom is 0.143 e. The van der Waals surface area contributed by atoms with Gasteiger partial charge in [0.2, 0.25) is 0 Å². The van der Waals surface area contributed by atoms with Crippen molar-refractivity contribution in [2.75, 3.05) is 13.2 Å². The van der Waals surface area contributed by atoms with Crippen molar-refractivity contribution in [1.82, 2.24) is 5.32 Å². The van der Waals surface area contributed by atoms with Crippen LogP contribution in [0, 0.1) is 0 Å². The molecule has 13 heavy (non-hydrogen) atoms. The zero-order chi connectivity index (χ0) is 9.26. The fourth-order valence-electron chi connectivity index (χ4n) is 1.33. The Morgan fingerprint density at radius 1 is 1.46 bits per heavy atom. The minimum Gasteiger partial charge on any atom is -0.490 e. The van der Waals surface area contributed by atoms with Gasteiger partial charge in [-0.3, -0.25) is 0 Å². The molecule has 0 spiro atoms. The molecule has 1 aliphatic heterocycles. The fraction of sp³-hybridized carbons (Fsp3) is 0.333. The molecule has 0 unspecified atom stereocenters. The monoisotopic (exact) mass is 261 g/mol. The first-order valence-corrected chi connectivity index (χ1v) is 5.26. The van der Waals surface area contributed by atoms with E-state index in [1.165, 1.54) is 0 Å². The van der Waals surface area contributed by atoms with Crippen LogP contribution in [0.15, 0.2) is 16.6 Å². The van der Waals surface area contributed by atoms with E-state index < -0.39 is 0 Å². The van der Waals surface area contributed by atoms with Gasteiger partial charge in [0.05, 0.1) is 5.02 Å². The van der Waals surface area contributed by atoms with Gasteiger partial charge in [-0.25, -0.2) is 0 Å². The third-order valence-electron chi connectivity index (χ3n) is 1.98. The molecule has 70 valence electrons. The van der Waals surface area contributed by atoms with Gasteiger partial charge in [-0.2, -0.15) is 0 Å². The molecule has 0 atom stereocenters. The number of fused-ring (bicyclic) bond motifs is 1. The summed E-state index contributed by atoms with van der Waals surface area (Å²) >= 11 is 9.49. The molecule has 0 aliphatic carbocycles. The number of hydrogen-bond acceptors (Lipinski definition) is 2. The molecule has 0 fully saturated rings. The fourth-order valence-corrected chi connectivity index (χ4v) is 2.02. The summed E-state index contributed by atoms with van der Waals surface area (Å²) in [6.07, 6.45) is 0. The van der Waals surface area contributed by atoms with Crippen LogP contribution < -0.4 is 10.1 Å². The lowest BCUT2D eigenvalue weighted by atomic mass is 10.2. The van der Waals surface area contributed by atoms with E-state index in [1.54, 1.807) is 0 Å². The maximum atomic E-state index is 6.01. The summed E-state index contributed by atoms with van der Waals surface area (Å²) < 4.78 is 6.58. The third kappa shape index (κ3) is 1.82. The van der Waals surface area contributed by atoms with Gasteiger partial charge in [0, 0.05) is 23.1 Å². The number of hydrogen-bond donors (Lipinski definition) is 1. The van der Waals surface area contributed by atoms with Crippen LogP contribution in [-0.4, -0.2) is 13.2 Å². The summed E-state index contributed by atoms with van der Waals surface area (Å²) in [5, 5.41) is 3.94. The van der Waals surface area contributed by atoms with E-state index in [0.29, 0.717) is 11.6 Å². The normalized spacial score (nSPS) is 15.8. The summed E-state index contributed by atoms with van der Waals surface area (Å²) in [5.74, 6) is 0.807. The Bertz CT molecular complexity index is 299. The summed E-state index contributed by atoms with van der Waals surface area (Å²) in [4.78, 5) is 0. The Balaban J connectivity index is 2.50. The molecular weight excluding hydrogens is 253 g/mol. The van der Waals surface area contributed by atoms with Gasteiger partial charge >= 0.3 is 0 Å². The van der Waals surface area contributed by atoms with E-state index >= 15 is 0 Å². The Morgan fingerprint density at radius 3 is 3.15 bits per heavy atom. The third-order valence-corrected chi connectivity index (χ3v) is 3.02. The van der Waals surface area contributed by atoms with E-state index in [1.807, 2.05) is 12.1 Å². The van der Waals surface area contributed by atoms with Gasteiger partial charge in [0.1, 0.15) is 12.4 Å². The summed E-state index contributed by atoms with van der Waals surface area (Å²) in [5.41, 5.74) is 1.10. The van der Waals surface area contributed by atoms with Crippen molar-refractivity contribution in [2.24, 2.45) is 0 Å². The topological polar surface area (TPSA) is 21.3 Å². The predicted octanol–water partition coefficient (Wildman–Crippen LogP) is 2.58. The van der Waals surface area contributed by atoms with Crippen molar-refractivity contribution in [1.29, 1.82) is 0 Å². The summed E-state index contributed by atoms with van der Waals surface area (Å²) in [6, 6.07) is 3.79.